The molecule has 7 heteroatoms. The Morgan fingerprint density at radius 1 is 0.914 bits per heavy atom. The summed E-state index contributed by atoms with van der Waals surface area (Å²) in [4.78, 5) is 36.2. The van der Waals surface area contributed by atoms with Gasteiger partial charge in [-0.2, -0.15) is 0 Å². The highest BCUT2D eigenvalue weighted by atomic mass is 16.5. The number of nitrogens with one attached hydrogen (secondary N) is 2. The molecule has 35 heavy (non-hydrogen) atoms. The van der Waals surface area contributed by atoms with Crippen LogP contribution in [0.25, 0.3) is 11.1 Å². The molecule has 0 saturated heterocycles. The van der Waals surface area contributed by atoms with Crippen LogP contribution in [0, 0.1) is 17.8 Å². The third-order valence-corrected chi connectivity index (χ3v) is 7.80. The number of amides is 2. The van der Waals surface area contributed by atoms with Crippen molar-refractivity contribution in [3.63, 3.8) is 0 Å². The molecule has 0 heterocycles. The zero-order chi connectivity index (χ0) is 24.4. The number of fused-ring (bicyclic) bond motifs is 3. The molecule has 7 nitrogen and oxygen atoms in total. The largest absolute Gasteiger partial charge is 0.481 e. The Labute approximate surface area is 205 Å². The highest BCUT2D eigenvalue weighted by molar-refractivity contribution is 5.79. The Hall–Kier alpha value is -3.35. The molecule has 3 aliphatic carbocycles. The van der Waals surface area contributed by atoms with Gasteiger partial charge in [0.25, 0.3) is 0 Å². The van der Waals surface area contributed by atoms with Gasteiger partial charge < -0.3 is 20.5 Å². The molecule has 2 aromatic rings. The predicted octanol–water partition coefficient (Wildman–Crippen LogP) is 4.31. The lowest BCUT2D eigenvalue weighted by molar-refractivity contribution is -0.139. The van der Waals surface area contributed by atoms with Gasteiger partial charge >= 0.3 is 12.1 Å². The zero-order valence-corrected chi connectivity index (χ0v) is 19.7. The molecule has 2 unspecified atom stereocenters. The molecule has 0 aliphatic heterocycles. The van der Waals surface area contributed by atoms with Crippen LogP contribution in [0.4, 0.5) is 4.79 Å². The van der Waals surface area contributed by atoms with Crippen molar-refractivity contribution in [3.05, 3.63) is 59.7 Å². The lowest BCUT2D eigenvalue weighted by atomic mass is 9.82. The molecule has 2 amide bonds. The van der Waals surface area contributed by atoms with E-state index in [1.54, 1.807) is 0 Å². The van der Waals surface area contributed by atoms with Crippen molar-refractivity contribution in [2.75, 3.05) is 13.2 Å². The van der Waals surface area contributed by atoms with E-state index in [1.165, 1.54) is 22.3 Å². The molecular formula is C28H32N2O5. The third kappa shape index (κ3) is 5.19. The second-order valence-electron chi connectivity index (χ2n) is 10.1. The molecule has 184 valence electrons. The lowest BCUT2D eigenvalue weighted by Gasteiger charge is -2.31. The van der Waals surface area contributed by atoms with Crippen LogP contribution in [-0.4, -0.2) is 42.3 Å². The normalized spacial score (nSPS) is 24.7. The van der Waals surface area contributed by atoms with Gasteiger partial charge in [-0.05, 0) is 53.4 Å². The second-order valence-corrected chi connectivity index (χ2v) is 10.1. The summed E-state index contributed by atoms with van der Waals surface area (Å²) >= 11 is 0. The molecule has 0 spiro atoms. The van der Waals surface area contributed by atoms with E-state index < -0.39 is 12.1 Å². The topological polar surface area (TPSA) is 105 Å². The number of hydrogen-bond donors (Lipinski definition) is 3. The minimum Gasteiger partial charge on any atom is -0.481 e. The van der Waals surface area contributed by atoms with Gasteiger partial charge in [-0.3, -0.25) is 9.59 Å². The molecule has 2 saturated carbocycles. The van der Waals surface area contributed by atoms with Gasteiger partial charge in [-0.25, -0.2) is 4.79 Å². The summed E-state index contributed by atoms with van der Waals surface area (Å²) in [5.74, 6) is -1.08. The van der Waals surface area contributed by atoms with Crippen LogP contribution >= 0.6 is 0 Å². The summed E-state index contributed by atoms with van der Waals surface area (Å²) in [6, 6.07) is 16.4. The van der Waals surface area contributed by atoms with Crippen LogP contribution < -0.4 is 10.6 Å². The van der Waals surface area contributed by atoms with Gasteiger partial charge in [0.05, 0.1) is 5.92 Å². The molecule has 3 aliphatic rings. The molecule has 2 fully saturated rings. The van der Waals surface area contributed by atoms with Crippen molar-refractivity contribution in [1.29, 1.82) is 0 Å². The van der Waals surface area contributed by atoms with Crippen LogP contribution in [0.5, 0.6) is 0 Å². The summed E-state index contributed by atoms with van der Waals surface area (Å²) < 4.78 is 5.71. The maximum Gasteiger partial charge on any atom is 0.407 e. The molecule has 2 aromatic carbocycles. The van der Waals surface area contributed by atoms with Gasteiger partial charge in [-0.15, -0.1) is 0 Å². The van der Waals surface area contributed by atoms with E-state index in [0.717, 1.165) is 25.7 Å². The van der Waals surface area contributed by atoms with E-state index in [-0.39, 0.29) is 42.2 Å². The number of carbonyl (C=O) groups is 3. The van der Waals surface area contributed by atoms with Gasteiger partial charge in [0, 0.05) is 24.9 Å². The Morgan fingerprint density at radius 3 is 2.23 bits per heavy atom. The van der Waals surface area contributed by atoms with Crippen molar-refractivity contribution in [1.82, 2.24) is 10.6 Å². The molecule has 5 rings (SSSR count). The van der Waals surface area contributed by atoms with Crippen molar-refractivity contribution >= 4 is 18.0 Å². The highest BCUT2D eigenvalue weighted by Gasteiger charge is 2.43. The monoisotopic (exact) mass is 476 g/mol. The molecule has 0 radical (unpaired) electrons. The molecule has 4 atom stereocenters. The first-order chi connectivity index (χ1) is 17.0. The quantitative estimate of drug-likeness (QED) is 0.527. The van der Waals surface area contributed by atoms with Gasteiger partial charge in [-0.1, -0.05) is 61.4 Å². The van der Waals surface area contributed by atoms with Crippen molar-refractivity contribution < 1.29 is 24.2 Å². The van der Waals surface area contributed by atoms with Crippen molar-refractivity contribution in [3.8, 4) is 11.1 Å². The lowest BCUT2D eigenvalue weighted by Crippen LogP contribution is -2.44. The van der Waals surface area contributed by atoms with Crippen LogP contribution in [-0.2, 0) is 14.3 Å². The maximum absolute atomic E-state index is 12.8. The maximum atomic E-state index is 12.8. The van der Waals surface area contributed by atoms with Crippen LogP contribution in [0.1, 0.15) is 55.6 Å². The predicted molar refractivity (Wildman–Crippen MR) is 131 cm³/mol. The standard InChI is InChI=1S/C28H32N2O5/c31-26(29-15-18-13-23(18)27(32)33)14-17-7-1-6-12-25(17)30-28(34)35-16-24-21-10-4-2-8-19(21)20-9-3-5-11-22(20)24/h2-5,8-11,17-18,23-25H,1,6-7,12-16H2,(H,29,31)(H,30,34)(H,32,33)/t17-,18?,23?,25-/m0/s1. The SMILES string of the molecule is O=C(C[C@@H]1CCCC[C@@H]1NC(=O)OCC1c2ccccc2-c2ccccc21)NCC1CC1C(=O)O. The Balaban J connectivity index is 1.13. The van der Waals surface area contributed by atoms with E-state index in [4.69, 9.17) is 9.84 Å². The second kappa shape index (κ2) is 10.1. The summed E-state index contributed by atoms with van der Waals surface area (Å²) in [7, 11) is 0. The number of ether oxygens (including phenoxy) is 1. The fraction of sp³-hybridized carbons (Fsp3) is 0.464. The Kier molecular flexibility index (Phi) is 6.75. The van der Waals surface area contributed by atoms with Crippen LogP contribution in [0.3, 0.4) is 0 Å². The number of aliphatic carboxylic acids is 1. The van der Waals surface area contributed by atoms with E-state index in [1.807, 2.05) is 24.3 Å². The first kappa shape index (κ1) is 23.4. The van der Waals surface area contributed by atoms with Gasteiger partial charge in [0.15, 0.2) is 0 Å². The van der Waals surface area contributed by atoms with Gasteiger partial charge in [0.2, 0.25) is 5.91 Å². The molecule has 3 N–H and O–H groups in total. The molecular weight excluding hydrogens is 444 g/mol. The number of carbonyl (C=O) groups excluding carboxylic acids is 2. The molecule has 0 bridgehead atoms. The number of alkyl carbamates (subject to hydrolysis) is 1. The number of hydrogen-bond acceptors (Lipinski definition) is 4. The first-order valence-electron chi connectivity index (χ1n) is 12.6. The molecule has 0 aromatic heterocycles. The highest BCUT2D eigenvalue weighted by Crippen LogP contribution is 2.44. The van der Waals surface area contributed by atoms with Gasteiger partial charge in [0.1, 0.15) is 6.61 Å². The summed E-state index contributed by atoms with van der Waals surface area (Å²) in [6.45, 7) is 0.677. The average Bonchev–Trinajstić information content (AvgIpc) is 3.58. The number of carboxylic acid groups (broad SMARTS) is 1. The zero-order valence-electron chi connectivity index (χ0n) is 19.7. The third-order valence-electron chi connectivity index (χ3n) is 7.80. The minimum atomic E-state index is -0.788. The fourth-order valence-electron chi connectivity index (χ4n) is 5.76. The van der Waals surface area contributed by atoms with Crippen molar-refractivity contribution in [2.45, 2.75) is 50.5 Å². The smallest absolute Gasteiger partial charge is 0.407 e. The van der Waals surface area contributed by atoms with E-state index >= 15 is 0 Å². The van der Waals surface area contributed by atoms with Crippen LogP contribution in [0.15, 0.2) is 48.5 Å². The average molecular weight is 477 g/mol. The van der Waals surface area contributed by atoms with Crippen LogP contribution in [0.2, 0.25) is 0 Å². The summed E-state index contributed by atoms with van der Waals surface area (Å²) in [6.07, 6.45) is 4.27. The Morgan fingerprint density at radius 2 is 1.57 bits per heavy atom. The number of benzene rings is 2. The Bertz CT molecular complexity index is 1070. The first-order valence-corrected chi connectivity index (χ1v) is 12.6. The number of rotatable bonds is 8. The van der Waals surface area contributed by atoms with E-state index in [2.05, 4.69) is 34.9 Å². The van der Waals surface area contributed by atoms with E-state index in [0.29, 0.717) is 19.4 Å². The summed E-state index contributed by atoms with van der Waals surface area (Å²) in [5.41, 5.74) is 4.73. The summed E-state index contributed by atoms with van der Waals surface area (Å²) in [5, 5.41) is 14.9. The van der Waals surface area contributed by atoms with E-state index in [9.17, 15) is 14.4 Å². The van der Waals surface area contributed by atoms with Crippen molar-refractivity contribution in [2.24, 2.45) is 17.8 Å². The minimum absolute atomic E-state index is 0.0122. The fourth-order valence-corrected chi connectivity index (χ4v) is 5.76. The number of carboxylic acids is 1.